The van der Waals surface area contributed by atoms with Gasteiger partial charge in [0, 0.05) is 34.8 Å². The highest BCUT2D eigenvalue weighted by molar-refractivity contribution is 7.12. The Labute approximate surface area is 131 Å². The number of hydrogen-bond donors (Lipinski definition) is 1. The summed E-state index contributed by atoms with van der Waals surface area (Å²) in [5.74, 6) is 0. The molecule has 1 unspecified atom stereocenters. The van der Waals surface area contributed by atoms with Crippen LogP contribution in [0.25, 0.3) is 0 Å². The van der Waals surface area contributed by atoms with Crippen molar-refractivity contribution in [1.82, 2.24) is 15.3 Å². The summed E-state index contributed by atoms with van der Waals surface area (Å²) in [5.41, 5.74) is 2.47. The predicted octanol–water partition coefficient (Wildman–Crippen LogP) is 4.56. The van der Waals surface area contributed by atoms with Crippen LogP contribution in [0.1, 0.15) is 67.8 Å². The Hall–Kier alpha value is -1.26. The van der Waals surface area contributed by atoms with Crippen molar-refractivity contribution in [2.24, 2.45) is 0 Å². The average Bonchev–Trinajstić information content (AvgIpc) is 2.82. The molecule has 0 radical (unpaired) electrons. The van der Waals surface area contributed by atoms with Gasteiger partial charge in [0.15, 0.2) is 0 Å². The first kappa shape index (κ1) is 16.1. The summed E-state index contributed by atoms with van der Waals surface area (Å²) in [6, 6.07) is 4.65. The van der Waals surface area contributed by atoms with E-state index in [1.807, 2.05) is 29.8 Å². The molecule has 3 nitrogen and oxygen atoms in total. The maximum Gasteiger partial charge on any atom is 0.0985 e. The topological polar surface area (TPSA) is 37.8 Å². The van der Waals surface area contributed by atoms with E-state index < -0.39 is 0 Å². The zero-order chi connectivity index (χ0) is 15.6. The molecule has 0 aromatic carbocycles. The van der Waals surface area contributed by atoms with Crippen LogP contribution >= 0.6 is 11.3 Å². The molecule has 21 heavy (non-hydrogen) atoms. The second kappa shape index (κ2) is 6.24. The maximum absolute atomic E-state index is 4.75. The Morgan fingerprint density at radius 1 is 1.19 bits per heavy atom. The molecule has 0 aliphatic heterocycles. The van der Waals surface area contributed by atoms with Crippen LogP contribution in [-0.4, -0.2) is 9.97 Å². The molecule has 0 saturated carbocycles. The molecule has 0 aliphatic rings. The van der Waals surface area contributed by atoms with Crippen molar-refractivity contribution in [1.29, 1.82) is 0 Å². The van der Waals surface area contributed by atoms with Gasteiger partial charge in [0.2, 0.25) is 0 Å². The van der Waals surface area contributed by atoms with Crippen LogP contribution in [0.15, 0.2) is 24.5 Å². The number of aromatic nitrogens is 2. The fraction of sp³-hybridized carbons (Fsp3) is 0.529. The van der Waals surface area contributed by atoms with Gasteiger partial charge in [-0.1, -0.05) is 26.8 Å². The normalized spacial score (nSPS) is 15.0. The van der Waals surface area contributed by atoms with E-state index in [1.165, 1.54) is 15.4 Å². The van der Waals surface area contributed by atoms with Crippen molar-refractivity contribution >= 4 is 11.3 Å². The molecule has 0 amide bonds. The SMILES string of the molecule is Cc1nc(C(C)(C)C)sc1C(C)N[C@@H](C)c1cccnc1. The summed E-state index contributed by atoms with van der Waals surface area (Å²) >= 11 is 1.82. The van der Waals surface area contributed by atoms with Crippen molar-refractivity contribution in [2.45, 2.75) is 59.0 Å². The average molecular weight is 303 g/mol. The smallest absolute Gasteiger partial charge is 0.0985 e. The van der Waals surface area contributed by atoms with Gasteiger partial charge < -0.3 is 5.32 Å². The van der Waals surface area contributed by atoms with Crippen LogP contribution in [0.4, 0.5) is 0 Å². The Kier molecular flexibility index (Phi) is 4.79. The monoisotopic (exact) mass is 303 g/mol. The summed E-state index contributed by atoms with van der Waals surface area (Å²) in [6.07, 6.45) is 3.73. The van der Waals surface area contributed by atoms with Gasteiger partial charge in [-0.15, -0.1) is 11.3 Å². The van der Waals surface area contributed by atoms with Crippen LogP contribution in [0.3, 0.4) is 0 Å². The van der Waals surface area contributed by atoms with Gasteiger partial charge in [0.05, 0.1) is 10.7 Å². The summed E-state index contributed by atoms with van der Waals surface area (Å²) in [6.45, 7) is 13.1. The fourth-order valence-electron chi connectivity index (χ4n) is 2.31. The van der Waals surface area contributed by atoms with Crippen LogP contribution in [-0.2, 0) is 5.41 Å². The lowest BCUT2D eigenvalue weighted by Gasteiger charge is -2.19. The van der Waals surface area contributed by atoms with Crippen LogP contribution in [0, 0.1) is 6.92 Å². The van der Waals surface area contributed by atoms with Gasteiger partial charge in [-0.05, 0) is 32.4 Å². The van der Waals surface area contributed by atoms with Crippen molar-refractivity contribution in [3.05, 3.63) is 45.7 Å². The molecule has 2 rings (SSSR count). The number of rotatable bonds is 4. The van der Waals surface area contributed by atoms with Gasteiger partial charge >= 0.3 is 0 Å². The van der Waals surface area contributed by atoms with E-state index in [0.29, 0.717) is 0 Å². The maximum atomic E-state index is 4.75. The Balaban J connectivity index is 2.14. The predicted molar refractivity (Wildman–Crippen MR) is 89.8 cm³/mol. The quantitative estimate of drug-likeness (QED) is 0.900. The van der Waals surface area contributed by atoms with E-state index in [1.54, 1.807) is 0 Å². The standard InChI is InChI=1S/C17H25N3S/c1-11(14-8-7-9-18-10-14)19-12(2)15-13(3)20-16(21-15)17(4,5)6/h7-12,19H,1-6H3/t11-,12?/m0/s1. The van der Waals surface area contributed by atoms with E-state index in [0.717, 1.165) is 5.69 Å². The zero-order valence-electron chi connectivity index (χ0n) is 13.8. The van der Waals surface area contributed by atoms with Crippen molar-refractivity contribution in [2.75, 3.05) is 0 Å². The zero-order valence-corrected chi connectivity index (χ0v) is 14.6. The Morgan fingerprint density at radius 3 is 2.43 bits per heavy atom. The minimum Gasteiger partial charge on any atom is -0.303 e. The number of aryl methyl sites for hydroxylation is 1. The van der Waals surface area contributed by atoms with E-state index in [9.17, 15) is 0 Å². The molecule has 1 N–H and O–H groups in total. The van der Waals surface area contributed by atoms with E-state index in [2.05, 4.69) is 57.9 Å². The van der Waals surface area contributed by atoms with E-state index >= 15 is 0 Å². The second-order valence-electron chi connectivity index (χ2n) is 6.62. The Bertz CT molecular complexity index is 584. The molecule has 2 aromatic rings. The van der Waals surface area contributed by atoms with Gasteiger partial charge in [-0.25, -0.2) is 4.98 Å². The minimum atomic E-state index is 0.113. The molecule has 2 atom stereocenters. The Morgan fingerprint density at radius 2 is 1.90 bits per heavy atom. The van der Waals surface area contributed by atoms with Crippen molar-refractivity contribution in [3.63, 3.8) is 0 Å². The third kappa shape index (κ3) is 3.89. The number of pyridine rings is 1. The molecule has 0 saturated heterocycles. The summed E-state index contributed by atoms with van der Waals surface area (Å²) in [5, 5.41) is 4.85. The lowest BCUT2D eigenvalue weighted by Crippen LogP contribution is -2.22. The number of thiazole rings is 1. The lowest BCUT2D eigenvalue weighted by atomic mass is 9.98. The molecule has 0 fully saturated rings. The summed E-state index contributed by atoms with van der Waals surface area (Å²) in [4.78, 5) is 10.3. The molecular weight excluding hydrogens is 278 g/mol. The highest BCUT2D eigenvalue weighted by Crippen LogP contribution is 2.33. The molecule has 114 valence electrons. The molecule has 0 aliphatic carbocycles. The van der Waals surface area contributed by atoms with Crippen molar-refractivity contribution in [3.8, 4) is 0 Å². The van der Waals surface area contributed by atoms with E-state index in [-0.39, 0.29) is 17.5 Å². The molecule has 0 spiro atoms. The lowest BCUT2D eigenvalue weighted by molar-refractivity contribution is 0.497. The van der Waals surface area contributed by atoms with Gasteiger partial charge in [0.1, 0.15) is 0 Å². The number of hydrogen-bond acceptors (Lipinski definition) is 4. The van der Waals surface area contributed by atoms with Crippen LogP contribution in [0.5, 0.6) is 0 Å². The molecule has 4 heteroatoms. The van der Waals surface area contributed by atoms with Gasteiger partial charge in [-0.2, -0.15) is 0 Å². The molecule has 2 heterocycles. The first-order chi connectivity index (χ1) is 9.79. The summed E-state index contributed by atoms with van der Waals surface area (Å²) in [7, 11) is 0. The third-order valence-electron chi connectivity index (χ3n) is 3.55. The van der Waals surface area contributed by atoms with Gasteiger partial charge in [-0.3, -0.25) is 4.98 Å². The highest BCUT2D eigenvalue weighted by Gasteiger charge is 2.23. The summed E-state index contributed by atoms with van der Waals surface area (Å²) < 4.78 is 0. The number of nitrogens with zero attached hydrogens (tertiary/aromatic N) is 2. The third-order valence-corrected chi connectivity index (χ3v) is 5.32. The number of nitrogens with one attached hydrogen (secondary N) is 1. The van der Waals surface area contributed by atoms with Crippen LogP contribution < -0.4 is 5.32 Å². The molecule has 2 aromatic heterocycles. The molecule has 0 bridgehead atoms. The highest BCUT2D eigenvalue weighted by atomic mass is 32.1. The van der Waals surface area contributed by atoms with E-state index in [4.69, 9.17) is 4.98 Å². The molecular formula is C17H25N3S. The minimum absolute atomic E-state index is 0.113. The first-order valence-corrected chi connectivity index (χ1v) is 8.24. The largest absolute Gasteiger partial charge is 0.303 e. The fourth-order valence-corrected chi connectivity index (χ4v) is 3.45. The van der Waals surface area contributed by atoms with Crippen molar-refractivity contribution < 1.29 is 0 Å². The second-order valence-corrected chi connectivity index (χ2v) is 7.65. The van der Waals surface area contributed by atoms with Gasteiger partial charge in [0.25, 0.3) is 0 Å². The first-order valence-electron chi connectivity index (χ1n) is 7.43. The van der Waals surface area contributed by atoms with Crippen LogP contribution in [0.2, 0.25) is 0 Å².